The van der Waals surface area contributed by atoms with Gasteiger partial charge in [0, 0.05) is 27.8 Å². The van der Waals surface area contributed by atoms with Gasteiger partial charge < -0.3 is 14.4 Å². The lowest BCUT2D eigenvalue weighted by atomic mass is 9.88. The number of ether oxygens (including phenoxy) is 1. The first-order chi connectivity index (χ1) is 18.5. The van der Waals surface area contributed by atoms with Crippen molar-refractivity contribution in [3.63, 3.8) is 0 Å². The van der Waals surface area contributed by atoms with Crippen molar-refractivity contribution in [2.24, 2.45) is 0 Å². The number of hydrogen-bond donors (Lipinski definition) is 3. The minimum absolute atomic E-state index is 0.0451. The van der Waals surface area contributed by atoms with E-state index in [0.29, 0.717) is 30.4 Å². The zero-order valence-electron chi connectivity index (χ0n) is 20.3. The predicted octanol–water partition coefficient (Wildman–Crippen LogP) is 5.50. The van der Waals surface area contributed by atoms with Gasteiger partial charge in [-0.15, -0.1) is 13.2 Å². The van der Waals surface area contributed by atoms with Crippen molar-refractivity contribution in [3.8, 4) is 17.9 Å². The molecule has 0 bridgehead atoms. The molecule has 200 valence electrons. The van der Waals surface area contributed by atoms with Crippen LogP contribution < -0.4 is 9.46 Å². The normalized spacial score (nSPS) is 21.2. The molecule has 12 heteroatoms. The molecule has 3 aromatic carbocycles. The molecule has 1 aliphatic carbocycles. The summed E-state index contributed by atoms with van der Waals surface area (Å²) in [5.74, 6) is -0.496. The molecule has 8 nitrogen and oxygen atoms in total. The van der Waals surface area contributed by atoms with Gasteiger partial charge in [-0.3, -0.25) is 0 Å². The third kappa shape index (κ3) is 5.14. The molecule has 0 radical (unpaired) electrons. The van der Waals surface area contributed by atoms with Crippen molar-refractivity contribution in [1.29, 1.82) is 15.3 Å². The number of alkyl halides is 3. The van der Waals surface area contributed by atoms with E-state index < -0.39 is 40.2 Å². The van der Waals surface area contributed by atoms with Crippen LogP contribution >= 0.6 is 0 Å². The van der Waals surface area contributed by atoms with Gasteiger partial charge in [-0.25, -0.2) is 13.7 Å². The Morgan fingerprint density at radius 3 is 2.05 bits per heavy atom. The van der Waals surface area contributed by atoms with E-state index in [1.54, 1.807) is 36.4 Å². The summed E-state index contributed by atoms with van der Waals surface area (Å²) in [4.78, 5) is -0.0451. The average Bonchev–Trinajstić information content (AvgIpc) is 3.21. The second-order valence-electron chi connectivity index (χ2n) is 9.35. The lowest BCUT2D eigenvalue weighted by Gasteiger charge is -2.37. The number of rotatable bonds is 5. The van der Waals surface area contributed by atoms with Crippen LogP contribution in [0.4, 0.5) is 13.2 Å². The number of aromatic nitrogens is 1. The summed E-state index contributed by atoms with van der Waals surface area (Å²) in [5.41, 5.74) is 2.42. The quantitative estimate of drug-likeness (QED) is 0.300. The maximum absolute atomic E-state index is 13.3. The molecule has 3 N–H and O–H groups in total. The highest BCUT2D eigenvalue weighted by Crippen LogP contribution is 2.39. The van der Waals surface area contributed by atoms with Gasteiger partial charge in [0.2, 0.25) is 0 Å². The smallest absolute Gasteiger partial charge is 0.406 e. The molecule has 1 fully saturated rings. The summed E-state index contributed by atoms with van der Waals surface area (Å²) < 4.78 is 67.6. The number of aliphatic hydroxyl groups excluding tert-OH is 1. The fraction of sp³-hybridized carbons (Fsp3) is 0.259. The first-order valence-electron chi connectivity index (χ1n) is 12.0. The zero-order chi connectivity index (χ0) is 27.9. The van der Waals surface area contributed by atoms with Crippen LogP contribution in [0, 0.1) is 27.4 Å². The van der Waals surface area contributed by atoms with Gasteiger partial charge >= 0.3 is 6.36 Å². The molecule has 1 aliphatic rings. The van der Waals surface area contributed by atoms with Crippen LogP contribution in [0.15, 0.2) is 65.6 Å². The molecule has 39 heavy (non-hydrogen) atoms. The second-order valence-corrected chi connectivity index (χ2v) is 11.2. The summed E-state index contributed by atoms with van der Waals surface area (Å²) in [6.07, 6.45) is -4.29. The third-order valence-electron chi connectivity index (χ3n) is 6.92. The van der Waals surface area contributed by atoms with E-state index in [4.69, 9.17) is 4.78 Å². The van der Waals surface area contributed by atoms with E-state index in [0.717, 1.165) is 46.1 Å². The van der Waals surface area contributed by atoms with Gasteiger partial charge in [-0.2, -0.15) is 10.5 Å². The van der Waals surface area contributed by atoms with Crippen LogP contribution in [0.2, 0.25) is 0 Å². The minimum Gasteiger partial charge on any atom is -0.406 e. The van der Waals surface area contributed by atoms with E-state index in [1.165, 1.54) is 0 Å². The highest BCUT2D eigenvalue weighted by molar-refractivity contribution is 7.90. The molecule has 5 rings (SSSR count). The number of aliphatic hydroxyl groups is 1. The van der Waals surface area contributed by atoms with E-state index in [-0.39, 0.29) is 4.90 Å². The Bertz CT molecular complexity index is 1680. The van der Waals surface area contributed by atoms with Gasteiger partial charge in [0.1, 0.15) is 15.7 Å². The van der Waals surface area contributed by atoms with Crippen molar-refractivity contribution >= 4 is 31.7 Å². The Morgan fingerprint density at radius 1 is 0.974 bits per heavy atom. The largest absolute Gasteiger partial charge is 0.573 e. The molecule has 0 amide bonds. The van der Waals surface area contributed by atoms with E-state index >= 15 is 0 Å². The molecule has 1 saturated carbocycles. The lowest BCUT2D eigenvalue weighted by Crippen LogP contribution is -2.49. The monoisotopic (exact) mass is 553 g/mol. The van der Waals surface area contributed by atoms with Crippen LogP contribution in [0.5, 0.6) is 5.75 Å². The highest BCUT2D eigenvalue weighted by atomic mass is 32.2. The van der Waals surface area contributed by atoms with Gasteiger partial charge in [0.05, 0.1) is 40.3 Å². The van der Waals surface area contributed by atoms with Crippen molar-refractivity contribution in [1.82, 2.24) is 9.29 Å². The second kappa shape index (κ2) is 9.89. The molecule has 4 unspecified atom stereocenters. The highest BCUT2D eigenvalue weighted by Gasteiger charge is 2.36. The number of nitriles is 2. The SMILES string of the molecule is N#Cc1ccc2c(c1)c1cc(C#N)ccc1n2C1CCCC(NS(=N)(=O)c2ccc(OC(F)(F)F)cc2)C1O. The molecular weight excluding hydrogens is 531 g/mol. The number of hydrogen-bond acceptors (Lipinski definition) is 6. The van der Waals surface area contributed by atoms with E-state index in [1.807, 2.05) is 4.57 Å². The molecule has 0 aliphatic heterocycles. The van der Waals surface area contributed by atoms with Gasteiger partial charge in [0.25, 0.3) is 0 Å². The Morgan fingerprint density at radius 2 is 1.54 bits per heavy atom. The predicted molar refractivity (Wildman–Crippen MR) is 137 cm³/mol. The van der Waals surface area contributed by atoms with E-state index in [2.05, 4.69) is 21.6 Å². The van der Waals surface area contributed by atoms with Crippen LogP contribution in [0.1, 0.15) is 36.4 Å². The Balaban J connectivity index is 1.48. The van der Waals surface area contributed by atoms with Gasteiger partial charge in [-0.1, -0.05) is 0 Å². The molecule has 4 aromatic rings. The van der Waals surface area contributed by atoms with Crippen LogP contribution in [0.3, 0.4) is 0 Å². The fourth-order valence-corrected chi connectivity index (χ4v) is 6.57. The number of benzene rings is 3. The Hall–Kier alpha value is -4.10. The molecule has 1 heterocycles. The Labute approximate surface area is 221 Å². The van der Waals surface area contributed by atoms with Gasteiger partial charge in [-0.05, 0) is 79.9 Å². The number of halogens is 3. The minimum atomic E-state index is -4.87. The number of nitrogens with zero attached hydrogens (tertiary/aromatic N) is 3. The van der Waals surface area contributed by atoms with Crippen LogP contribution in [0.25, 0.3) is 21.8 Å². The summed E-state index contributed by atoms with van der Waals surface area (Å²) in [6, 6.07) is 17.7. The van der Waals surface area contributed by atoms with E-state index in [9.17, 15) is 33.0 Å². The van der Waals surface area contributed by atoms with Crippen molar-refractivity contribution < 1.29 is 27.2 Å². The number of nitrogens with one attached hydrogen (secondary N) is 2. The lowest BCUT2D eigenvalue weighted by molar-refractivity contribution is -0.274. The maximum Gasteiger partial charge on any atom is 0.573 e. The molecule has 1 aromatic heterocycles. The van der Waals surface area contributed by atoms with Crippen molar-refractivity contribution in [2.45, 2.75) is 48.7 Å². The first kappa shape index (κ1) is 26.5. The van der Waals surface area contributed by atoms with Crippen LogP contribution in [-0.2, 0) is 9.92 Å². The van der Waals surface area contributed by atoms with Crippen LogP contribution in [-0.4, -0.2) is 32.4 Å². The molecule has 0 saturated heterocycles. The summed E-state index contributed by atoms with van der Waals surface area (Å²) in [5, 5.41) is 31.8. The maximum atomic E-state index is 13.3. The average molecular weight is 554 g/mol. The zero-order valence-corrected chi connectivity index (χ0v) is 21.1. The third-order valence-corrected chi connectivity index (χ3v) is 8.49. The standard InChI is InChI=1S/C27H22F3N5O3S/c28-27(29,30)38-18-6-8-19(9-7-18)39(33,37)34-22-2-1-3-25(26(22)36)35-23-10-4-16(14-31)12-20(23)21-13-17(15-32)5-11-24(21)35/h4-13,22,25-26,36H,1-3H2,(H2,33,34,37). The fourth-order valence-electron chi connectivity index (χ4n) is 5.23. The summed E-state index contributed by atoms with van der Waals surface area (Å²) >= 11 is 0. The first-order valence-corrected chi connectivity index (χ1v) is 13.5. The van der Waals surface area contributed by atoms with Crippen molar-refractivity contribution in [3.05, 3.63) is 71.8 Å². The number of fused-ring (bicyclic) bond motifs is 3. The van der Waals surface area contributed by atoms with Gasteiger partial charge in [0.15, 0.2) is 0 Å². The van der Waals surface area contributed by atoms with Crippen molar-refractivity contribution in [2.75, 3.05) is 0 Å². The Kier molecular flexibility index (Phi) is 6.72. The summed E-state index contributed by atoms with van der Waals surface area (Å²) in [6.45, 7) is 0. The molecular formula is C27H22F3N5O3S. The summed E-state index contributed by atoms with van der Waals surface area (Å²) in [7, 11) is -3.68. The molecule has 4 atom stereocenters. The molecule has 0 spiro atoms. The topological polar surface area (TPSA) is 135 Å².